The average Bonchev–Trinajstić information content (AvgIpc) is 3.42. The van der Waals surface area contributed by atoms with Crippen LogP contribution in [0.4, 0.5) is 13.2 Å². The van der Waals surface area contributed by atoms with E-state index >= 15 is 0 Å². The van der Waals surface area contributed by atoms with Gasteiger partial charge in [-0.25, -0.2) is 9.97 Å². The molecule has 0 saturated carbocycles. The smallest absolute Gasteiger partial charge is 0.435 e. The Kier molecular flexibility index (Phi) is 6.39. The second-order valence-electron chi connectivity index (χ2n) is 7.59. The van der Waals surface area contributed by atoms with Crippen LogP contribution in [0.3, 0.4) is 0 Å². The van der Waals surface area contributed by atoms with Crippen molar-refractivity contribution >= 4 is 11.6 Å². The molecule has 9 nitrogen and oxygen atoms in total. The predicted molar refractivity (Wildman–Crippen MR) is 123 cm³/mol. The Bertz CT molecular complexity index is 1490. The van der Waals surface area contributed by atoms with Crippen molar-refractivity contribution in [1.29, 1.82) is 0 Å². The molecule has 12 heteroatoms. The van der Waals surface area contributed by atoms with E-state index in [2.05, 4.69) is 32.9 Å². The van der Waals surface area contributed by atoms with E-state index in [4.69, 9.17) is 11.2 Å². The topological polar surface area (TPSA) is 107 Å². The van der Waals surface area contributed by atoms with Gasteiger partial charge in [0.05, 0.1) is 36.1 Å². The van der Waals surface area contributed by atoms with Gasteiger partial charge in [0.1, 0.15) is 11.5 Å². The molecule has 4 rings (SSSR count). The van der Waals surface area contributed by atoms with Crippen molar-refractivity contribution in [3.63, 3.8) is 0 Å². The van der Waals surface area contributed by atoms with E-state index in [1.54, 1.807) is 6.92 Å². The van der Waals surface area contributed by atoms with Gasteiger partial charge >= 0.3 is 6.18 Å². The highest BCUT2D eigenvalue weighted by molar-refractivity contribution is 5.98. The van der Waals surface area contributed by atoms with Crippen LogP contribution in [0.1, 0.15) is 21.6 Å². The first-order valence-electron chi connectivity index (χ1n) is 10.4. The van der Waals surface area contributed by atoms with Crippen molar-refractivity contribution < 1.29 is 27.8 Å². The van der Waals surface area contributed by atoms with Gasteiger partial charge in [-0.05, 0) is 18.6 Å². The number of halogens is 3. The number of rotatable bonds is 7. The van der Waals surface area contributed by atoms with Crippen LogP contribution in [0.2, 0.25) is 0 Å². The van der Waals surface area contributed by atoms with Crippen molar-refractivity contribution in [2.45, 2.75) is 19.6 Å². The molecule has 1 aromatic carbocycles. The summed E-state index contributed by atoms with van der Waals surface area (Å²) in [6.45, 7) is 5.21. The van der Waals surface area contributed by atoms with Gasteiger partial charge in [-0.1, -0.05) is 12.0 Å². The van der Waals surface area contributed by atoms with Gasteiger partial charge in [0, 0.05) is 24.7 Å². The van der Waals surface area contributed by atoms with Gasteiger partial charge in [-0.2, -0.15) is 18.3 Å². The fourth-order valence-electron chi connectivity index (χ4n) is 3.63. The molecular weight excluding hydrogens is 477 g/mol. The molecule has 184 valence electrons. The average molecular weight is 496 g/mol. The molecule has 0 aliphatic carbocycles. The normalized spacial score (nSPS) is 11.3. The number of nitrogens with zero attached hydrogens (tertiary/aromatic N) is 5. The number of aryl methyl sites for hydroxylation is 1. The van der Waals surface area contributed by atoms with E-state index in [-0.39, 0.29) is 52.9 Å². The van der Waals surface area contributed by atoms with Gasteiger partial charge in [0.25, 0.3) is 11.8 Å². The Morgan fingerprint density at radius 3 is 2.81 bits per heavy atom. The standard InChI is InChI=1S/C24H19F3N6O3/c1-4-6-28-22(35)19-14(3)10-15(11-18(19)34)36-23-21-30-12-17(33(21)9-7-29-23)16-13-32(8-5-2)31-20(16)24(25,26)27/h1,5,7,9-13,34H,2,6,8H2,3H3,(H,28,35). The number of nitrogens with one attached hydrogen (secondary N) is 1. The minimum atomic E-state index is -4.69. The number of hydrogen-bond donors (Lipinski definition) is 2. The summed E-state index contributed by atoms with van der Waals surface area (Å²) in [5.41, 5.74) is -0.554. The van der Waals surface area contributed by atoms with E-state index in [1.165, 1.54) is 47.4 Å². The summed E-state index contributed by atoms with van der Waals surface area (Å²) in [6.07, 6.45) is 7.19. The zero-order valence-electron chi connectivity index (χ0n) is 18.9. The zero-order valence-corrected chi connectivity index (χ0v) is 18.9. The number of ether oxygens (including phenoxy) is 1. The highest BCUT2D eigenvalue weighted by Gasteiger charge is 2.38. The number of phenolic OH excluding ortho intramolecular Hbond substituents is 1. The Morgan fingerprint density at radius 2 is 2.14 bits per heavy atom. The molecule has 0 fully saturated rings. The van der Waals surface area contributed by atoms with Crippen LogP contribution in [0.25, 0.3) is 16.9 Å². The van der Waals surface area contributed by atoms with Crippen molar-refractivity contribution in [3.8, 4) is 41.0 Å². The van der Waals surface area contributed by atoms with Crippen LogP contribution >= 0.6 is 0 Å². The van der Waals surface area contributed by atoms with Crippen LogP contribution in [0.15, 0.2) is 49.6 Å². The summed E-state index contributed by atoms with van der Waals surface area (Å²) in [7, 11) is 0. The molecule has 1 amide bonds. The van der Waals surface area contributed by atoms with E-state index in [0.29, 0.717) is 5.56 Å². The number of aromatic hydroxyl groups is 1. The summed E-state index contributed by atoms with van der Waals surface area (Å²) in [4.78, 5) is 20.6. The van der Waals surface area contributed by atoms with E-state index in [1.807, 2.05) is 0 Å². The number of amides is 1. The first-order chi connectivity index (χ1) is 17.1. The monoisotopic (exact) mass is 496 g/mol. The lowest BCUT2D eigenvalue weighted by molar-refractivity contribution is -0.141. The summed E-state index contributed by atoms with van der Waals surface area (Å²) in [5.74, 6) is 1.48. The Morgan fingerprint density at radius 1 is 1.36 bits per heavy atom. The number of carbonyl (C=O) groups is 1. The van der Waals surface area contributed by atoms with Gasteiger partial charge in [-0.15, -0.1) is 13.0 Å². The number of fused-ring (bicyclic) bond motifs is 1. The highest BCUT2D eigenvalue weighted by Crippen LogP contribution is 2.37. The fourth-order valence-corrected chi connectivity index (χ4v) is 3.63. The second-order valence-corrected chi connectivity index (χ2v) is 7.59. The first-order valence-corrected chi connectivity index (χ1v) is 10.4. The number of imidazole rings is 1. The third-order valence-electron chi connectivity index (χ3n) is 5.10. The number of terminal acetylenes is 1. The van der Waals surface area contributed by atoms with E-state index in [0.717, 1.165) is 4.68 Å². The maximum Gasteiger partial charge on any atom is 0.435 e. The Hall–Kier alpha value is -4.79. The van der Waals surface area contributed by atoms with Crippen LogP contribution in [0.5, 0.6) is 17.4 Å². The van der Waals surface area contributed by atoms with Crippen molar-refractivity contribution in [2.75, 3.05) is 6.54 Å². The quantitative estimate of drug-likeness (QED) is 0.296. The van der Waals surface area contributed by atoms with Gasteiger partial charge in [-0.3, -0.25) is 13.9 Å². The third-order valence-corrected chi connectivity index (χ3v) is 5.10. The maximum atomic E-state index is 13.7. The van der Waals surface area contributed by atoms with Crippen molar-refractivity contribution in [2.24, 2.45) is 0 Å². The minimum Gasteiger partial charge on any atom is -0.507 e. The van der Waals surface area contributed by atoms with E-state index < -0.39 is 17.8 Å². The van der Waals surface area contributed by atoms with Crippen LogP contribution in [0, 0.1) is 19.3 Å². The van der Waals surface area contributed by atoms with Crippen LogP contribution in [-0.4, -0.2) is 41.7 Å². The summed E-state index contributed by atoms with van der Waals surface area (Å²) >= 11 is 0. The third kappa shape index (κ3) is 4.58. The molecule has 0 radical (unpaired) electrons. The van der Waals surface area contributed by atoms with E-state index in [9.17, 15) is 23.1 Å². The number of benzene rings is 1. The fraction of sp³-hybridized carbons (Fsp3) is 0.167. The van der Waals surface area contributed by atoms with Crippen LogP contribution < -0.4 is 10.1 Å². The maximum absolute atomic E-state index is 13.7. The molecule has 0 bridgehead atoms. The molecule has 0 aliphatic heterocycles. The molecule has 36 heavy (non-hydrogen) atoms. The van der Waals surface area contributed by atoms with Crippen molar-refractivity contribution in [1.82, 2.24) is 29.5 Å². The van der Waals surface area contributed by atoms with Gasteiger partial charge in [0.2, 0.25) is 5.65 Å². The number of hydrogen-bond acceptors (Lipinski definition) is 6. The molecule has 2 N–H and O–H groups in total. The van der Waals surface area contributed by atoms with Crippen molar-refractivity contribution in [3.05, 3.63) is 66.4 Å². The molecule has 0 aliphatic rings. The zero-order chi connectivity index (χ0) is 26.0. The second kappa shape index (κ2) is 9.46. The lowest BCUT2D eigenvalue weighted by Crippen LogP contribution is -2.24. The molecule has 0 spiro atoms. The number of alkyl halides is 3. The van der Waals surface area contributed by atoms with Gasteiger partial charge in [0.15, 0.2) is 5.69 Å². The molecule has 0 saturated heterocycles. The summed E-state index contributed by atoms with van der Waals surface area (Å²) in [5, 5.41) is 16.5. The van der Waals surface area contributed by atoms with Crippen LogP contribution in [-0.2, 0) is 12.7 Å². The first kappa shape index (κ1) is 24.3. The molecule has 3 heterocycles. The number of aromatic nitrogens is 5. The summed E-state index contributed by atoms with van der Waals surface area (Å²) in [6, 6.07) is 2.72. The number of phenols is 1. The summed E-state index contributed by atoms with van der Waals surface area (Å²) < 4.78 is 49.3. The Balaban J connectivity index is 1.73. The highest BCUT2D eigenvalue weighted by atomic mass is 19.4. The molecule has 0 unspecified atom stereocenters. The predicted octanol–water partition coefficient (Wildman–Crippen LogP) is 3.97. The lowest BCUT2D eigenvalue weighted by atomic mass is 10.1. The molecule has 4 aromatic rings. The molecule has 0 atom stereocenters. The number of carbonyl (C=O) groups excluding carboxylic acids is 1. The largest absolute Gasteiger partial charge is 0.507 e. The molecule has 3 aromatic heterocycles. The molecular formula is C24H19F3N6O3. The SMILES string of the molecule is C#CCNC(=O)c1c(C)cc(Oc2nccn3c(-c4cn(CC=C)nc4C(F)(F)F)cnc23)cc1O. The minimum absolute atomic E-state index is 0.00730. The number of allylic oxidation sites excluding steroid dienone is 1. The Labute approximate surface area is 202 Å². The lowest BCUT2D eigenvalue weighted by Gasteiger charge is -2.12. The van der Waals surface area contributed by atoms with Gasteiger partial charge < -0.3 is 15.2 Å².